The van der Waals surface area contributed by atoms with E-state index >= 15 is 4.39 Å². The SMILES string of the molecule is C=CC(=O)N1CC(C)N(C2=NS(=O)OCN(c3c(C)cc(CN(C)C)cc3C(C)C)c3nc(-c4c(N)cccc4F)c(Cl)cc32)CC1C. The minimum Gasteiger partial charge on any atom is -0.398 e. The summed E-state index contributed by atoms with van der Waals surface area (Å²) in [5, 5.41) is 0.147. The van der Waals surface area contributed by atoms with E-state index < -0.39 is 17.1 Å². The molecule has 2 aliphatic heterocycles. The summed E-state index contributed by atoms with van der Waals surface area (Å²) in [6.45, 7) is 15.2. The van der Waals surface area contributed by atoms with Gasteiger partial charge in [0, 0.05) is 37.4 Å². The predicted molar refractivity (Wildman–Crippen MR) is 192 cm³/mol. The number of hydrogen-bond acceptors (Lipinski definition) is 8. The zero-order valence-corrected chi connectivity index (χ0v) is 30.0. The van der Waals surface area contributed by atoms with Crippen molar-refractivity contribution in [2.45, 2.75) is 59.2 Å². The van der Waals surface area contributed by atoms with Crippen LogP contribution in [0.4, 0.5) is 21.6 Å². The van der Waals surface area contributed by atoms with Gasteiger partial charge in [-0.25, -0.2) is 13.6 Å². The van der Waals surface area contributed by atoms with Crippen LogP contribution >= 0.6 is 11.6 Å². The van der Waals surface area contributed by atoms with Gasteiger partial charge in [-0.2, -0.15) is 0 Å². The number of pyridine rings is 1. The highest BCUT2D eigenvalue weighted by atomic mass is 35.5. The second-order valence-corrected chi connectivity index (χ2v) is 14.2. The molecule has 2 aromatic carbocycles. The topological polar surface area (TPSA) is 108 Å². The third-order valence-corrected chi connectivity index (χ3v) is 9.59. The lowest BCUT2D eigenvalue weighted by atomic mass is 9.94. The number of benzene rings is 2. The molecule has 0 bridgehead atoms. The van der Waals surface area contributed by atoms with Gasteiger partial charge in [-0.15, -0.1) is 4.40 Å². The van der Waals surface area contributed by atoms with Crippen LogP contribution in [0.5, 0.6) is 0 Å². The Bertz CT molecular complexity index is 1780. The van der Waals surface area contributed by atoms with Gasteiger partial charge < -0.3 is 20.4 Å². The molecular formula is C35H43ClFN7O3S. The molecule has 3 heterocycles. The summed E-state index contributed by atoms with van der Waals surface area (Å²) in [6, 6.07) is 9.97. The lowest BCUT2D eigenvalue weighted by molar-refractivity contribution is -0.130. The number of carbonyl (C=O) groups excluding carboxylic acids is 1. The highest BCUT2D eigenvalue weighted by molar-refractivity contribution is 7.79. The Kier molecular flexibility index (Phi) is 10.6. The summed E-state index contributed by atoms with van der Waals surface area (Å²) in [6.07, 6.45) is 1.31. The van der Waals surface area contributed by atoms with Crippen LogP contribution in [0.25, 0.3) is 11.3 Å². The summed E-state index contributed by atoms with van der Waals surface area (Å²) in [5.41, 5.74) is 11.2. The predicted octanol–water partition coefficient (Wildman–Crippen LogP) is 6.18. The molecule has 0 aliphatic carbocycles. The smallest absolute Gasteiger partial charge is 0.288 e. The van der Waals surface area contributed by atoms with Crippen LogP contribution in [0, 0.1) is 12.7 Å². The average Bonchev–Trinajstić information content (AvgIpc) is 3.01. The molecule has 3 unspecified atom stereocenters. The number of rotatable bonds is 6. The molecule has 10 nitrogen and oxygen atoms in total. The Hall–Kier alpha value is -3.84. The number of piperazine rings is 1. The van der Waals surface area contributed by atoms with Gasteiger partial charge in [-0.3, -0.25) is 13.9 Å². The zero-order chi connectivity index (χ0) is 35.0. The fraction of sp³-hybridized carbons (Fsp3) is 0.400. The highest BCUT2D eigenvalue weighted by Crippen LogP contribution is 2.42. The molecule has 0 radical (unpaired) electrons. The van der Waals surface area contributed by atoms with Gasteiger partial charge in [0.1, 0.15) is 18.4 Å². The number of aromatic nitrogens is 1. The molecule has 5 rings (SSSR count). The molecular weight excluding hydrogens is 653 g/mol. The number of aryl methyl sites for hydroxylation is 1. The number of hydrogen-bond donors (Lipinski definition) is 1. The molecule has 1 amide bonds. The van der Waals surface area contributed by atoms with E-state index in [1.807, 2.05) is 44.7 Å². The first-order valence-corrected chi connectivity index (χ1v) is 17.3. The van der Waals surface area contributed by atoms with E-state index in [2.05, 4.69) is 41.9 Å². The molecule has 1 aromatic heterocycles. The van der Waals surface area contributed by atoms with Gasteiger partial charge >= 0.3 is 0 Å². The van der Waals surface area contributed by atoms with Crippen molar-refractivity contribution in [1.82, 2.24) is 19.7 Å². The minimum atomic E-state index is -2.09. The van der Waals surface area contributed by atoms with E-state index in [4.69, 9.17) is 26.5 Å². The third kappa shape index (κ3) is 6.98. The van der Waals surface area contributed by atoms with Gasteiger partial charge in [-0.05, 0) is 81.7 Å². The quantitative estimate of drug-likeness (QED) is 0.241. The molecule has 2 aliphatic rings. The number of anilines is 3. The van der Waals surface area contributed by atoms with Gasteiger partial charge in [0.25, 0.3) is 11.3 Å². The standard InChI is InChI=1S/C35H43ClFN7O3S/c1-9-30(45)42-16-23(6)43(17-22(42)5)35-26-15-27(36)32(31-28(37)11-10-12-29(31)38)39-34(26)44(19-47-48(46)40-35)33-21(4)13-24(18-41(7)8)14-25(33)20(2)3/h9-15,20,22-23H,1,16-19,38H2,2-8H3. The van der Waals surface area contributed by atoms with Gasteiger partial charge in [0.2, 0.25) is 5.91 Å². The first kappa shape index (κ1) is 35.5. The van der Waals surface area contributed by atoms with Gasteiger partial charge in [0.15, 0.2) is 5.84 Å². The Morgan fingerprint density at radius 2 is 1.96 bits per heavy atom. The van der Waals surface area contributed by atoms with E-state index in [1.165, 1.54) is 18.2 Å². The number of fused-ring (bicyclic) bond motifs is 1. The van der Waals surface area contributed by atoms with E-state index in [1.54, 1.807) is 17.0 Å². The maximum absolute atomic E-state index is 15.4. The lowest BCUT2D eigenvalue weighted by Crippen LogP contribution is -2.59. The molecule has 0 saturated carbocycles. The molecule has 1 fully saturated rings. The molecule has 3 atom stereocenters. The first-order valence-electron chi connectivity index (χ1n) is 15.9. The molecule has 13 heteroatoms. The maximum atomic E-state index is 15.4. The van der Waals surface area contributed by atoms with E-state index in [0.717, 1.165) is 28.9 Å². The van der Waals surface area contributed by atoms with Crippen molar-refractivity contribution in [1.29, 1.82) is 0 Å². The summed E-state index contributed by atoms with van der Waals surface area (Å²) >= 11 is 4.86. The number of halogens is 2. The van der Waals surface area contributed by atoms with Crippen molar-refractivity contribution in [3.8, 4) is 11.3 Å². The fourth-order valence-corrected chi connectivity index (χ4v) is 7.33. The minimum absolute atomic E-state index is 0.0796. The summed E-state index contributed by atoms with van der Waals surface area (Å²) in [7, 11) is 4.05. The van der Waals surface area contributed by atoms with Crippen molar-refractivity contribution >= 4 is 51.8 Å². The van der Waals surface area contributed by atoms with Crippen LogP contribution in [0.3, 0.4) is 0 Å². The maximum Gasteiger partial charge on any atom is 0.288 e. The number of amidine groups is 1. The zero-order valence-electron chi connectivity index (χ0n) is 28.5. The van der Waals surface area contributed by atoms with Crippen molar-refractivity contribution in [3.63, 3.8) is 0 Å². The molecule has 1 saturated heterocycles. The van der Waals surface area contributed by atoms with E-state index in [0.29, 0.717) is 30.3 Å². The van der Waals surface area contributed by atoms with Crippen molar-refractivity contribution < 1.29 is 17.6 Å². The van der Waals surface area contributed by atoms with Crippen molar-refractivity contribution in [2.75, 3.05) is 44.5 Å². The fourth-order valence-electron chi connectivity index (χ4n) is 6.49. The van der Waals surface area contributed by atoms with Crippen LogP contribution in [-0.2, 0) is 26.8 Å². The summed E-state index contributed by atoms with van der Waals surface area (Å²) in [5.74, 6) is 0.0957. The average molecular weight is 696 g/mol. The van der Waals surface area contributed by atoms with E-state index in [9.17, 15) is 9.00 Å². The Morgan fingerprint density at radius 3 is 2.60 bits per heavy atom. The van der Waals surface area contributed by atoms with Crippen LogP contribution < -0.4 is 10.6 Å². The number of amides is 1. The summed E-state index contributed by atoms with van der Waals surface area (Å²) in [4.78, 5) is 25.4. The normalized spacial score (nSPS) is 20.0. The third-order valence-electron chi connectivity index (χ3n) is 8.67. The highest BCUT2D eigenvalue weighted by Gasteiger charge is 2.37. The lowest BCUT2D eigenvalue weighted by Gasteiger charge is -2.45. The Balaban J connectivity index is 1.79. The van der Waals surface area contributed by atoms with Crippen LogP contribution in [0.2, 0.25) is 5.02 Å². The van der Waals surface area contributed by atoms with Gasteiger partial charge in [0.05, 0.1) is 27.5 Å². The van der Waals surface area contributed by atoms with Gasteiger partial charge in [-0.1, -0.05) is 50.2 Å². The number of nitrogens with zero attached hydrogens (tertiary/aromatic N) is 6. The Morgan fingerprint density at radius 1 is 1.23 bits per heavy atom. The molecule has 3 aromatic rings. The largest absolute Gasteiger partial charge is 0.398 e. The summed E-state index contributed by atoms with van der Waals surface area (Å²) < 4.78 is 39.3. The van der Waals surface area contributed by atoms with E-state index in [-0.39, 0.29) is 52.6 Å². The molecule has 0 spiro atoms. The monoisotopic (exact) mass is 695 g/mol. The van der Waals surface area contributed by atoms with Crippen LogP contribution in [-0.4, -0.2) is 81.6 Å². The number of carbonyl (C=O) groups is 1. The molecule has 256 valence electrons. The Labute approximate surface area is 289 Å². The van der Waals surface area contributed by atoms with Crippen LogP contribution in [0.1, 0.15) is 55.9 Å². The molecule has 48 heavy (non-hydrogen) atoms. The first-order chi connectivity index (χ1) is 22.7. The van der Waals surface area contributed by atoms with Crippen LogP contribution in [0.15, 0.2) is 53.5 Å². The van der Waals surface area contributed by atoms with Crippen molar-refractivity contribution in [3.05, 3.63) is 82.1 Å². The number of nitrogen functional groups attached to an aromatic ring is 1. The van der Waals surface area contributed by atoms with Crippen molar-refractivity contribution in [2.24, 2.45) is 4.40 Å². The number of nitrogens with two attached hydrogens (primary N) is 1. The second-order valence-electron chi connectivity index (χ2n) is 13.0. The molecule has 2 N–H and O–H groups in total. The second kappa shape index (κ2) is 14.3.